The summed E-state index contributed by atoms with van der Waals surface area (Å²) >= 11 is 3.05. The molecule has 0 aliphatic heterocycles. The van der Waals surface area contributed by atoms with Crippen molar-refractivity contribution in [3.63, 3.8) is 0 Å². The first kappa shape index (κ1) is 19.8. The fourth-order valence-corrected chi connectivity index (χ4v) is 4.62. The van der Waals surface area contributed by atoms with Crippen molar-refractivity contribution >= 4 is 39.3 Å². The van der Waals surface area contributed by atoms with E-state index in [0.717, 1.165) is 39.2 Å². The molecule has 0 amide bonds. The minimum atomic E-state index is -0.313. The highest BCUT2D eigenvalue weighted by molar-refractivity contribution is 8.00. The molecule has 3 aromatic rings. The average Bonchev–Trinajstić information content (AvgIpc) is 3.09. The molecule has 2 heterocycles. The molecule has 0 bridgehead atoms. The van der Waals surface area contributed by atoms with Crippen LogP contribution in [0, 0.1) is 13.8 Å². The Labute approximate surface area is 168 Å². The van der Waals surface area contributed by atoms with E-state index in [1.54, 1.807) is 17.7 Å². The highest BCUT2D eigenvalue weighted by atomic mass is 32.2. The van der Waals surface area contributed by atoms with Crippen molar-refractivity contribution in [3.8, 4) is 11.1 Å². The van der Waals surface area contributed by atoms with E-state index in [1.807, 2.05) is 6.92 Å². The van der Waals surface area contributed by atoms with Crippen LogP contribution in [0.15, 0.2) is 34.9 Å². The molecule has 0 N–H and O–H groups in total. The first-order valence-electron chi connectivity index (χ1n) is 9.14. The van der Waals surface area contributed by atoms with E-state index < -0.39 is 0 Å². The van der Waals surface area contributed by atoms with Crippen molar-refractivity contribution in [1.29, 1.82) is 0 Å². The van der Waals surface area contributed by atoms with Gasteiger partial charge in [-0.2, -0.15) is 0 Å². The number of aryl methyl sites for hydroxylation is 2. The summed E-state index contributed by atoms with van der Waals surface area (Å²) in [6.07, 6.45) is 3.47. The molecule has 0 saturated heterocycles. The van der Waals surface area contributed by atoms with Gasteiger partial charge in [-0.25, -0.2) is 9.97 Å². The van der Waals surface area contributed by atoms with E-state index in [9.17, 15) is 4.79 Å². The summed E-state index contributed by atoms with van der Waals surface area (Å²) < 4.78 is 5.35. The smallest absolute Gasteiger partial charge is 0.319 e. The molecule has 4 nitrogen and oxygen atoms in total. The first-order valence-corrected chi connectivity index (χ1v) is 10.9. The number of thiophene rings is 1. The first-order chi connectivity index (χ1) is 13.0. The van der Waals surface area contributed by atoms with E-state index in [4.69, 9.17) is 4.74 Å². The molecule has 0 radical (unpaired) electrons. The van der Waals surface area contributed by atoms with E-state index in [0.29, 0.717) is 6.61 Å². The topological polar surface area (TPSA) is 52.1 Å². The van der Waals surface area contributed by atoms with E-state index in [1.165, 1.54) is 22.9 Å². The molecule has 0 saturated carbocycles. The van der Waals surface area contributed by atoms with Crippen LogP contribution in [-0.2, 0) is 9.53 Å². The minimum Gasteiger partial charge on any atom is -0.465 e. The van der Waals surface area contributed by atoms with E-state index in [-0.39, 0.29) is 11.2 Å². The Morgan fingerprint density at radius 1 is 1.26 bits per heavy atom. The van der Waals surface area contributed by atoms with Gasteiger partial charge >= 0.3 is 5.97 Å². The number of thioether (sulfide) groups is 1. The number of ether oxygens (including phenoxy) is 1. The molecule has 6 heteroatoms. The monoisotopic (exact) mass is 400 g/mol. The molecule has 2 aromatic heterocycles. The van der Waals surface area contributed by atoms with Gasteiger partial charge in [-0.1, -0.05) is 43.3 Å². The second-order valence-electron chi connectivity index (χ2n) is 6.59. The van der Waals surface area contributed by atoms with Crippen LogP contribution in [-0.4, -0.2) is 27.8 Å². The van der Waals surface area contributed by atoms with Crippen molar-refractivity contribution in [3.05, 3.63) is 41.0 Å². The molecule has 1 aromatic carbocycles. The van der Waals surface area contributed by atoms with E-state index in [2.05, 4.69) is 54.3 Å². The number of aromatic nitrogens is 2. The third-order valence-corrected chi connectivity index (χ3v) is 6.48. The number of carbonyl (C=O) groups excluding carboxylic acids is 1. The van der Waals surface area contributed by atoms with Gasteiger partial charge in [0, 0.05) is 10.9 Å². The minimum absolute atomic E-state index is 0.192. The quantitative estimate of drug-likeness (QED) is 0.217. The fraction of sp³-hybridized carbons (Fsp3) is 0.381. The fourth-order valence-electron chi connectivity index (χ4n) is 2.71. The lowest BCUT2D eigenvalue weighted by atomic mass is 10.0. The summed E-state index contributed by atoms with van der Waals surface area (Å²) in [4.78, 5) is 22.1. The Morgan fingerprint density at radius 3 is 2.81 bits per heavy atom. The van der Waals surface area contributed by atoms with Crippen molar-refractivity contribution in [2.75, 3.05) is 6.61 Å². The van der Waals surface area contributed by atoms with Gasteiger partial charge in [-0.15, -0.1) is 11.3 Å². The van der Waals surface area contributed by atoms with Crippen LogP contribution in [0.4, 0.5) is 0 Å². The summed E-state index contributed by atoms with van der Waals surface area (Å²) in [5, 5.41) is 3.66. The number of hydrogen-bond acceptors (Lipinski definition) is 6. The van der Waals surface area contributed by atoms with Gasteiger partial charge in [0.05, 0.1) is 12.0 Å². The highest BCUT2D eigenvalue weighted by Gasteiger charge is 2.20. The lowest BCUT2D eigenvalue weighted by Crippen LogP contribution is -2.17. The number of fused-ring (bicyclic) bond motifs is 1. The Bertz CT molecular complexity index is 953. The van der Waals surface area contributed by atoms with Crippen LogP contribution in [0.1, 0.15) is 37.8 Å². The van der Waals surface area contributed by atoms with E-state index >= 15 is 0 Å². The van der Waals surface area contributed by atoms with Crippen molar-refractivity contribution in [1.82, 2.24) is 9.97 Å². The number of nitrogens with zero attached hydrogens (tertiary/aromatic N) is 2. The molecular weight excluding hydrogens is 376 g/mol. The maximum Gasteiger partial charge on any atom is 0.319 e. The molecule has 27 heavy (non-hydrogen) atoms. The Morgan fingerprint density at radius 2 is 2.07 bits per heavy atom. The van der Waals surface area contributed by atoms with Gasteiger partial charge in [0.2, 0.25) is 0 Å². The maximum absolute atomic E-state index is 12.2. The van der Waals surface area contributed by atoms with Gasteiger partial charge in [0.25, 0.3) is 0 Å². The van der Waals surface area contributed by atoms with Crippen LogP contribution in [0.2, 0.25) is 0 Å². The summed E-state index contributed by atoms with van der Waals surface area (Å²) in [5.41, 5.74) is 4.80. The van der Waals surface area contributed by atoms with Crippen LogP contribution >= 0.6 is 23.1 Å². The molecule has 142 valence electrons. The molecular formula is C21H24N2O2S2. The van der Waals surface area contributed by atoms with Gasteiger partial charge in [-0.05, 0) is 43.9 Å². The van der Waals surface area contributed by atoms with Crippen LogP contribution in [0.3, 0.4) is 0 Å². The second kappa shape index (κ2) is 8.85. The van der Waals surface area contributed by atoms with Gasteiger partial charge in [-0.3, -0.25) is 4.79 Å². The van der Waals surface area contributed by atoms with Crippen molar-refractivity contribution in [2.24, 2.45) is 0 Å². The number of benzene rings is 1. The number of unbranched alkanes of at least 4 members (excludes halogenated alkanes) is 1. The Balaban J connectivity index is 1.91. The van der Waals surface area contributed by atoms with Gasteiger partial charge < -0.3 is 4.74 Å². The zero-order valence-corrected chi connectivity index (χ0v) is 17.7. The number of hydrogen-bond donors (Lipinski definition) is 0. The summed E-state index contributed by atoms with van der Waals surface area (Å²) in [7, 11) is 0. The molecule has 0 fully saturated rings. The molecule has 0 spiro atoms. The van der Waals surface area contributed by atoms with Gasteiger partial charge in [0.15, 0.2) is 0 Å². The SMILES string of the molecule is CCCCOC(=O)[C@@H](C)Sc1ncnc2scc(-c3ccc(C)c(C)c3)c12. The number of rotatable bonds is 7. The molecule has 0 unspecified atom stereocenters. The van der Waals surface area contributed by atoms with Crippen LogP contribution in [0.25, 0.3) is 21.3 Å². The molecule has 0 aliphatic carbocycles. The largest absolute Gasteiger partial charge is 0.465 e. The third kappa shape index (κ3) is 4.50. The number of esters is 1. The summed E-state index contributed by atoms with van der Waals surface area (Å²) in [6.45, 7) is 8.66. The standard InChI is InChI=1S/C21H24N2O2S2/c1-5-6-9-25-21(24)15(4)27-20-18-17(11-26-19(18)22-12-23-20)16-8-7-13(2)14(3)10-16/h7-8,10-12,15H,5-6,9H2,1-4H3/t15-/m1/s1. The van der Waals surface area contributed by atoms with Gasteiger partial charge in [0.1, 0.15) is 21.4 Å². The molecule has 0 aliphatic rings. The summed E-state index contributed by atoms with van der Waals surface area (Å²) in [6, 6.07) is 6.47. The number of carbonyl (C=O) groups is 1. The zero-order chi connectivity index (χ0) is 19.4. The normalized spacial score (nSPS) is 12.3. The second-order valence-corrected chi connectivity index (χ2v) is 8.78. The predicted octanol–water partition coefficient (Wildman–Crippen LogP) is 5.80. The maximum atomic E-state index is 12.2. The molecule has 1 atom stereocenters. The lowest BCUT2D eigenvalue weighted by molar-refractivity contribution is -0.142. The highest BCUT2D eigenvalue weighted by Crippen LogP contribution is 2.39. The molecule has 3 rings (SSSR count). The summed E-state index contributed by atoms with van der Waals surface area (Å²) in [5.74, 6) is -0.192. The predicted molar refractivity (Wildman–Crippen MR) is 114 cm³/mol. The Hall–Kier alpha value is -1.92. The lowest BCUT2D eigenvalue weighted by Gasteiger charge is -2.12. The average molecular weight is 401 g/mol. The Kier molecular flexibility index (Phi) is 6.50. The third-order valence-electron chi connectivity index (χ3n) is 4.52. The van der Waals surface area contributed by atoms with Crippen molar-refractivity contribution in [2.45, 2.75) is 50.8 Å². The van der Waals surface area contributed by atoms with Crippen LogP contribution in [0.5, 0.6) is 0 Å². The van der Waals surface area contributed by atoms with Crippen LogP contribution < -0.4 is 0 Å². The van der Waals surface area contributed by atoms with Crippen molar-refractivity contribution < 1.29 is 9.53 Å². The zero-order valence-electron chi connectivity index (χ0n) is 16.1.